The number of thioether (sulfide) groups is 1. The molecule has 1 fully saturated rings. The van der Waals surface area contributed by atoms with Gasteiger partial charge in [0.2, 0.25) is 0 Å². The first-order valence-electron chi connectivity index (χ1n) is 6.10. The van der Waals surface area contributed by atoms with Gasteiger partial charge in [-0.15, -0.1) is 0 Å². The minimum Gasteiger partial charge on any atom is -0.299 e. The molecule has 0 aromatic heterocycles. The van der Waals surface area contributed by atoms with E-state index in [0.717, 1.165) is 12.2 Å². The van der Waals surface area contributed by atoms with Gasteiger partial charge in [0.1, 0.15) is 0 Å². The van der Waals surface area contributed by atoms with E-state index in [-0.39, 0.29) is 6.04 Å². The monoisotopic (exact) mass is 226 g/mol. The first-order valence-corrected chi connectivity index (χ1v) is 7.25. The summed E-state index contributed by atoms with van der Waals surface area (Å²) in [5.74, 6) is 2.39. The van der Waals surface area contributed by atoms with E-state index < -0.39 is 0 Å². The summed E-state index contributed by atoms with van der Waals surface area (Å²) >= 11 is 1.99. The van der Waals surface area contributed by atoms with Crippen LogP contribution in [0.5, 0.6) is 0 Å². The van der Waals surface area contributed by atoms with E-state index in [1.165, 1.54) is 37.9 Å². The zero-order valence-electron chi connectivity index (χ0n) is 9.67. The predicted octanol–water partition coefficient (Wildman–Crippen LogP) is 2.94. The van der Waals surface area contributed by atoms with Crippen LogP contribution >= 0.6 is 11.8 Å². The number of nitrogens with one attached hydrogen (secondary N) is 1. The normalized spacial score (nSPS) is 17.3. The molecule has 3 heteroatoms. The number of unbranched alkanes of at least 4 members (excludes halogenated alkanes) is 2. The Morgan fingerprint density at radius 3 is 2.80 bits per heavy atom. The van der Waals surface area contributed by atoms with Crippen LogP contribution in [0.15, 0.2) is 0 Å². The Kier molecular flexibility index (Phi) is 6.87. The van der Waals surface area contributed by atoms with Crippen molar-refractivity contribution >= 4 is 11.8 Å². The third-order valence-electron chi connectivity index (χ3n) is 2.61. The zero-order chi connectivity index (χ0) is 10.9. The van der Waals surface area contributed by atoms with Crippen LogP contribution in [-0.2, 0) is 0 Å². The summed E-state index contributed by atoms with van der Waals surface area (Å²) < 4.78 is 0. The number of nitrogens with zero attached hydrogens (tertiary/aromatic N) is 1. The molecule has 2 nitrogen and oxygen atoms in total. The smallest absolute Gasteiger partial charge is 0.0963 e. The molecule has 1 atom stereocenters. The van der Waals surface area contributed by atoms with Crippen molar-refractivity contribution in [3.63, 3.8) is 0 Å². The Morgan fingerprint density at radius 1 is 1.40 bits per heavy atom. The molecule has 0 bridgehead atoms. The molecule has 1 aliphatic rings. The molecule has 0 spiro atoms. The van der Waals surface area contributed by atoms with Gasteiger partial charge >= 0.3 is 0 Å². The summed E-state index contributed by atoms with van der Waals surface area (Å²) in [6, 6.07) is 3.10. The molecule has 0 heterocycles. The van der Waals surface area contributed by atoms with Crippen molar-refractivity contribution in [3.8, 4) is 6.07 Å². The number of hydrogen-bond donors (Lipinski definition) is 1. The summed E-state index contributed by atoms with van der Waals surface area (Å²) in [5.41, 5.74) is 0. The van der Waals surface area contributed by atoms with Crippen molar-refractivity contribution in [3.05, 3.63) is 0 Å². The highest BCUT2D eigenvalue weighted by Gasteiger charge is 2.23. The van der Waals surface area contributed by atoms with Crippen molar-refractivity contribution in [2.24, 2.45) is 0 Å². The van der Waals surface area contributed by atoms with E-state index in [1.54, 1.807) is 0 Å². The summed E-state index contributed by atoms with van der Waals surface area (Å²) in [6.45, 7) is 2.23. The van der Waals surface area contributed by atoms with E-state index in [9.17, 15) is 0 Å². The second kappa shape index (κ2) is 8.01. The van der Waals surface area contributed by atoms with Gasteiger partial charge in [-0.25, -0.2) is 0 Å². The van der Waals surface area contributed by atoms with Gasteiger partial charge in [-0.05, 0) is 37.2 Å². The lowest BCUT2D eigenvalue weighted by atomic mass is 10.2. The van der Waals surface area contributed by atoms with E-state index in [4.69, 9.17) is 5.26 Å². The molecule has 1 rings (SSSR count). The highest BCUT2D eigenvalue weighted by Crippen LogP contribution is 2.20. The first-order chi connectivity index (χ1) is 7.36. The number of hydrogen-bond acceptors (Lipinski definition) is 3. The molecule has 0 aliphatic heterocycles. The SMILES string of the molecule is CCCCCSCCC(C#N)NC1CC1. The molecule has 0 saturated heterocycles. The fraction of sp³-hybridized carbons (Fsp3) is 0.917. The average molecular weight is 226 g/mol. The molecule has 1 saturated carbocycles. The van der Waals surface area contributed by atoms with E-state index in [2.05, 4.69) is 18.3 Å². The summed E-state index contributed by atoms with van der Waals surface area (Å²) in [7, 11) is 0. The third kappa shape index (κ3) is 6.81. The van der Waals surface area contributed by atoms with Gasteiger partial charge < -0.3 is 0 Å². The van der Waals surface area contributed by atoms with Crippen molar-refractivity contribution in [1.29, 1.82) is 5.26 Å². The van der Waals surface area contributed by atoms with Crippen LogP contribution in [-0.4, -0.2) is 23.6 Å². The van der Waals surface area contributed by atoms with Crippen LogP contribution in [0.4, 0.5) is 0 Å². The Hall–Kier alpha value is -0.200. The van der Waals surface area contributed by atoms with Crippen molar-refractivity contribution in [2.45, 2.75) is 57.5 Å². The molecule has 86 valence electrons. The van der Waals surface area contributed by atoms with Gasteiger partial charge in [0, 0.05) is 6.04 Å². The third-order valence-corrected chi connectivity index (χ3v) is 3.71. The maximum absolute atomic E-state index is 8.92. The van der Waals surface area contributed by atoms with Crippen LogP contribution in [0.1, 0.15) is 45.4 Å². The predicted molar refractivity (Wildman–Crippen MR) is 67.0 cm³/mol. The van der Waals surface area contributed by atoms with E-state index in [0.29, 0.717) is 6.04 Å². The lowest BCUT2D eigenvalue weighted by molar-refractivity contribution is 0.587. The summed E-state index contributed by atoms with van der Waals surface area (Å²) in [6.07, 6.45) is 7.50. The maximum atomic E-state index is 8.92. The highest BCUT2D eigenvalue weighted by atomic mass is 32.2. The fourth-order valence-electron chi connectivity index (χ4n) is 1.48. The topological polar surface area (TPSA) is 35.8 Å². The lowest BCUT2D eigenvalue weighted by Crippen LogP contribution is -2.29. The highest BCUT2D eigenvalue weighted by molar-refractivity contribution is 7.99. The Labute approximate surface area is 97.8 Å². The van der Waals surface area contributed by atoms with Crippen molar-refractivity contribution in [2.75, 3.05) is 11.5 Å². The molecular formula is C12H22N2S. The second-order valence-electron chi connectivity index (χ2n) is 4.23. The summed E-state index contributed by atoms with van der Waals surface area (Å²) in [4.78, 5) is 0. The molecule has 0 amide bonds. The molecule has 15 heavy (non-hydrogen) atoms. The van der Waals surface area contributed by atoms with Crippen LogP contribution in [0.3, 0.4) is 0 Å². The van der Waals surface area contributed by atoms with Crippen LogP contribution in [0.25, 0.3) is 0 Å². The number of nitriles is 1. The molecule has 1 N–H and O–H groups in total. The largest absolute Gasteiger partial charge is 0.299 e. The van der Waals surface area contributed by atoms with Crippen LogP contribution < -0.4 is 5.32 Å². The summed E-state index contributed by atoms with van der Waals surface area (Å²) in [5, 5.41) is 12.3. The van der Waals surface area contributed by atoms with Gasteiger partial charge in [-0.1, -0.05) is 19.8 Å². The molecule has 1 unspecified atom stereocenters. The zero-order valence-corrected chi connectivity index (χ0v) is 10.5. The first kappa shape index (κ1) is 12.9. The van der Waals surface area contributed by atoms with Crippen LogP contribution in [0, 0.1) is 11.3 Å². The molecular weight excluding hydrogens is 204 g/mol. The van der Waals surface area contributed by atoms with Crippen molar-refractivity contribution < 1.29 is 0 Å². The molecule has 1 aliphatic carbocycles. The van der Waals surface area contributed by atoms with Gasteiger partial charge in [0.05, 0.1) is 12.1 Å². The van der Waals surface area contributed by atoms with Gasteiger partial charge in [0.15, 0.2) is 0 Å². The average Bonchev–Trinajstić information content (AvgIpc) is 3.05. The number of rotatable bonds is 9. The molecule has 0 aromatic carbocycles. The quantitative estimate of drug-likeness (QED) is 0.614. The van der Waals surface area contributed by atoms with E-state index >= 15 is 0 Å². The van der Waals surface area contributed by atoms with Gasteiger partial charge in [-0.3, -0.25) is 5.32 Å². The maximum Gasteiger partial charge on any atom is 0.0963 e. The standard InChI is InChI=1S/C12H22N2S/c1-2-3-4-8-15-9-7-12(10-13)14-11-5-6-11/h11-12,14H,2-9H2,1H3. The van der Waals surface area contributed by atoms with E-state index in [1.807, 2.05) is 11.8 Å². The Morgan fingerprint density at radius 2 is 2.20 bits per heavy atom. The minimum atomic E-state index is 0.0937. The van der Waals surface area contributed by atoms with Gasteiger partial charge in [-0.2, -0.15) is 17.0 Å². The Balaban J connectivity index is 1.90. The molecule has 0 aromatic rings. The van der Waals surface area contributed by atoms with Crippen LogP contribution in [0.2, 0.25) is 0 Å². The van der Waals surface area contributed by atoms with Gasteiger partial charge in [0.25, 0.3) is 0 Å². The fourth-order valence-corrected chi connectivity index (χ4v) is 2.49. The molecule has 0 radical (unpaired) electrons. The second-order valence-corrected chi connectivity index (χ2v) is 5.46. The van der Waals surface area contributed by atoms with Crippen molar-refractivity contribution in [1.82, 2.24) is 5.32 Å². The Bertz CT molecular complexity index is 196. The minimum absolute atomic E-state index is 0.0937. The lowest BCUT2D eigenvalue weighted by Gasteiger charge is -2.09.